The molecule has 0 unspecified atom stereocenters. The van der Waals surface area contributed by atoms with E-state index in [0.717, 1.165) is 36.5 Å². The van der Waals surface area contributed by atoms with Crippen LogP contribution >= 0.6 is 0 Å². The Labute approximate surface area is 175 Å². The van der Waals surface area contributed by atoms with Crippen molar-refractivity contribution in [2.75, 3.05) is 0 Å². The number of hydrogen-bond acceptors (Lipinski definition) is 0. The smallest absolute Gasteiger partial charge is 0.0172 e. The molecule has 158 valence electrons. The highest BCUT2D eigenvalue weighted by Gasteiger charge is 2.67. The van der Waals surface area contributed by atoms with E-state index >= 15 is 0 Å². The van der Waals surface area contributed by atoms with Crippen molar-refractivity contribution in [1.29, 1.82) is 0 Å². The monoisotopic (exact) mass is 382 g/mol. The predicted molar refractivity (Wildman–Crippen MR) is 122 cm³/mol. The Morgan fingerprint density at radius 2 is 1.57 bits per heavy atom. The average Bonchev–Trinajstić information content (AvgIpc) is 2.97. The molecule has 0 aliphatic heterocycles. The van der Waals surface area contributed by atoms with Crippen LogP contribution in [0.1, 0.15) is 105 Å². The van der Waals surface area contributed by atoms with Crippen molar-refractivity contribution in [3.05, 3.63) is 24.8 Å². The second-order valence-electron chi connectivity index (χ2n) is 12.6. The maximum atomic E-state index is 4.57. The van der Waals surface area contributed by atoms with Gasteiger partial charge in [0.1, 0.15) is 0 Å². The van der Waals surface area contributed by atoms with Crippen molar-refractivity contribution in [2.24, 2.45) is 45.3 Å². The van der Waals surface area contributed by atoms with Gasteiger partial charge in [-0.05, 0) is 110 Å². The molecule has 0 N–H and O–H groups in total. The van der Waals surface area contributed by atoms with Crippen LogP contribution in [-0.2, 0) is 0 Å². The molecule has 0 radical (unpaired) electrons. The summed E-state index contributed by atoms with van der Waals surface area (Å²) >= 11 is 0. The van der Waals surface area contributed by atoms with Gasteiger partial charge < -0.3 is 0 Å². The van der Waals surface area contributed by atoms with Gasteiger partial charge in [0.15, 0.2) is 0 Å². The summed E-state index contributed by atoms with van der Waals surface area (Å²) in [7, 11) is 0. The van der Waals surface area contributed by atoms with Crippen LogP contribution in [0.3, 0.4) is 0 Å². The Balaban J connectivity index is 1.64. The first-order chi connectivity index (χ1) is 13.1. The third-order valence-corrected chi connectivity index (χ3v) is 11.3. The summed E-state index contributed by atoms with van der Waals surface area (Å²) in [5, 5.41) is 0. The average molecular weight is 383 g/mol. The minimum atomic E-state index is 0.521. The zero-order valence-corrected chi connectivity index (χ0v) is 19.6. The molecule has 4 aliphatic rings. The molecule has 0 amide bonds. The lowest BCUT2D eigenvalue weighted by Crippen LogP contribution is -2.62. The molecule has 0 aromatic rings. The highest BCUT2D eigenvalue weighted by Crippen LogP contribution is 2.75. The minimum absolute atomic E-state index is 0.521. The Morgan fingerprint density at radius 3 is 2.29 bits per heavy atom. The van der Waals surface area contributed by atoms with Gasteiger partial charge in [-0.2, -0.15) is 0 Å². The molecule has 0 spiro atoms. The summed E-state index contributed by atoms with van der Waals surface area (Å²) in [6.07, 6.45) is 17.4. The lowest BCUT2D eigenvalue weighted by molar-refractivity contribution is -0.201. The van der Waals surface area contributed by atoms with E-state index in [9.17, 15) is 0 Å². The van der Waals surface area contributed by atoms with Crippen molar-refractivity contribution >= 4 is 0 Å². The molecule has 4 rings (SSSR count). The van der Waals surface area contributed by atoms with E-state index in [1.54, 1.807) is 0 Å². The molecule has 0 saturated heterocycles. The topological polar surface area (TPSA) is 0 Å². The zero-order chi connectivity index (χ0) is 20.4. The Kier molecular flexibility index (Phi) is 5.00. The van der Waals surface area contributed by atoms with Crippen LogP contribution in [0.25, 0.3) is 0 Å². The van der Waals surface area contributed by atoms with Crippen molar-refractivity contribution < 1.29 is 0 Å². The van der Waals surface area contributed by atoms with Gasteiger partial charge in [0.05, 0.1) is 0 Å². The zero-order valence-electron chi connectivity index (χ0n) is 19.6. The van der Waals surface area contributed by atoms with E-state index in [-0.39, 0.29) is 0 Å². The van der Waals surface area contributed by atoms with E-state index in [0.29, 0.717) is 21.7 Å². The molecule has 7 atom stereocenters. The third-order valence-electron chi connectivity index (χ3n) is 11.3. The van der Waals surface area contributed by atoms with Gasteiger partial charge in [-0.1, -0.05) is 59.3 Å². The van der Waals surface area contributed by atoms with Crippen LogP contribution in [0.15, 0.2) is 24.8 Å². The first kappa shape index (κ1) is 20.7. The highest BCUT2D eigenvalue weighted by atomic mass is 14.7. The molecule has 0 heteroatoms. The van der Waals surface area contributed by atoms with Crippen molar-refractivity contribution in [3.8, 4) is 0 Å². The molecular weight excluding hydrogens is 336 g/mol. The van der Waals surface area contributed by atoms with E-state index < -0.39 is 0 Å². The normalized spacial score (nSPS) is 49.6. The van der Waals surface area contributed by atoms with Gasteiger partial charge in [0, 0.05) is 0 Å². The fraction of sp³-hybridized carbons (Fsp3) is 0.857. The molecule has 0 bridgehead atoms. The number of rotatable bonds is 4. The van der Waals surface area contributed by atoms with Crippen LogP contribution in [-0.4, -0.2) is 0 Å². The molecule has 0 aromatic heterocycles. The van der Waals surface area contributed by atoms with E-state index in [1.807, 2.05) is 0 Å². The van der Waals surface area contributed by atoms with Crippen LogP contribution in [0, 0.1) is 45.3 Å². The first-order valence-electron chi connectivity index (χ1n) is 12.4. The molecule has 4 aliphatic carbocycles. The molecule has 0 aromatic carbocycles. The van der Waals surface area contributed by atoms with Crippen LogP contribution in [0.4, 0.5) is 0 Å². The van der Waals surface area contributed by atoms with Crippen LogP contribution < -0.4 is 0 Å². The van der Waals surface area contributed by atoms with Crippen molar-refractivity contribution in [1.82, 2.24) is 0 Å². The summed E-state index contributed by atoms with van der Waals surface area (Å²) in [6, 6.07) is 0. The number of fused-ring (bicyclic) bond motifs is 5. The molecule has 28 heavy (non-hydrogen) atoms. The van der Waals surface area contributed by atoms with Gasteiger partial charge >= 0.3 is 0 Å². The van der Waals surface area contributed by atoms with Gasteiger partial charge in [-0.3, -0.25) is 0 Å². The van der Waals surface area contributed by atoms with Gasteiger partial charge in [0.2, 0.25) is 0 Å². The lowest BCUT2D eigenvalue weighted by atomic mass is 9.36. The van der Waals surface area contributed by atoms with Gasteiger partial charge in [-0.15, -0.1) is 6.58 Å². The van der Waals surface area contributed by atoms with Crippen molar-refractivity contribution in [3.63, 3.8) is 0 Å². The van der Waals surface area contributed by atoms with Gasteiger partial charge in [0.25, 0.3) is 0 Å². The quantitative estimate of drug-likeness (QED) is 0.427. The van der Waals surface area contributed by atoms with Crippen molar-refractivity contribution in [2.45, 2.75) is 105 Å². The summed E-state index contributed by atoms with van der Waals surface area (Å²) in [6.45, 7) is 21.8. The largest absolute Gasteiger partial charge is 0.103 e. The second kappa shape index (κ2) is 6.75. The summed E-state index contributed by atoms with van der Waals surface area (Å²) in [5.74, 6) is 3.52. The van der Waals surface area contributed by atoms with Gasteiger partial charge in [-0.25, -0.2) is 0 Å². The number of hydrogen-bond donors (Lipinski definition) is 0. The van der Waals surface area contributed by atoms with Crippen LogP contribution in [0.2, 0.25) is 0 Å². The number of allylic oxidation sites excluding steroid dienone is 2. The third kappa shape index (κ3) is 2.68. The SMILES string of the molecule is C=CCCC(=C)[C@H]1CC[C@]2(C)[C@@H]1CC[C@@H]1[C@@]3(C)CCCC(C)(C)[C@@H]3CC[C@]12C. The standard InChI is InChI=1S/C28H46/c1-8-9-11-20(2)21-14-18-27(6)22(21)12-13-24-26(5)17-10-16-25(3,4)23(26)15-19-28(24,27)7/h8,21-24H,1-2,9-19H2,3-7H3/t21-,22-,23+,24-,26+,27-,28-/m1/s1. The van der Waals surface area contributed by atoms with Crippen LogP contribution in [0.5, 0.6) is 0 Å². The maximum absolute atomic E-state index is 4.57. The molecule has 4 fully saturated rings. The highest BCUT2D eigenvalue weighted by molar-refractivity contribution is 5.20. The van der Waals surface area contributed by atoms with E-state index in [1.165, 1.54) is 63.4 Å². The van der Waals surface area contributed by atoms with E-state index in [2.05, 4.69) is 53.9 Å². The Morgan fingerprint density at radius 1 is 0.857 bits per heavy atom. The maximum Gasteiger partial charge on any atom is -0.0172 e. The summed E-state index contributed by atoms with van der Waals surface area (Å²) in [5.41, 5.74) is 3.70. The fourth-order valence-electron chi connectivity index (χ4n) is 9.80. The Hall–Kier alpha value is -0.520. The molecule has 4 saturated carbocycles. The first-order valence-corrected chi connectivity index (χ1v) is 12.4. The lowest BCUT2D eigenvalue weighted by Gasteiger charge is -2.69. The molecular formula is C28H46. The predicted octanol–water partition coefficient (Wildman–Crippen LogP) is 8.58. The molecule has 0 heterocycles. The summed E-state index contributed by atoms with van der Waals surface area (Å²) < 4.78 is 0. The second-order valence-corrected chi connectivity index (χ2v) is 12.6. The minimum Gasteiger partial charge on any atom is -0.103 e. The molecule has 0 nitrogen and oxygen atoms in total. The van der Waals surface area contributed by atoms with E-state index in [4.69, 9.17) is 0 Å². The fourth-order valence-corrected chi connectivity index (χ4v) is 9.80. The summed E-state index contributed by atoms with van der Waals surface area (Å²) in [4.78, 5) is 0. The Bertz CT molecular complexity index is 640.